The Hall–Kier alpha value is -5.62. The number of carbonyl (C=O) groups is 3. The molecule has 0 heterocycles. The molecule has 0 fully saturated rings. The summed E-state index contributed by atoms with van der Waals surface area (Å²) < 4.78 is 26.9. The van der Waals surface area contributed by atoms with Crippen molar-refractivity contribution in [3.63, 3.8) is 0 Å². The molecule has 3 N–H and O–H groups in total. The van der Waals surface area contributed by atoms with Crippen LogP contribution in [0.2, 0.25) is 0 Å². The second-order valence-corrected chi connectivity index (χ2v) is 11.6. The lowest BCUT2D eigenvalue weighted by atomic mass is 10.1. The summed E-state index contributed by atoms with van der Waals surface area (Å²) in [5.74, 6) is 1.05. The molecule has 0 radical (unpaired) electrons. The van der Waals surface area contributed by atoms with Gasteiger partial charge in [-0.2, -0.15) is 0 Å². The number of hydrogen-bond donors (Lipinski definition) is 3. The van der Waals surface area contributed by atoms with E-state index in [0.29, 0.717) is 51.2 Å². The van der Waals surface area contributed by atoms with Crippen LogP contribution in [0.3, 0.4) is 0 Å². The van der Waals surface area contributed by atoms with Gasteiger partial charge in [0.25, 0.3) is 11.8 Å². The molecule has 4 aromatic carbocycles. The van der Waals surface area contributed by atoms with Gasteiger partial charge in [-0.1, -0.05) is 18.2 Å². The zero-order valence-electron chi connectivity index (χ0n) is 27.4. The molecular formula is C36H37N3O8S. The Kier molecular flexibility index (Phi) is 12.3. The molecule has 0 aliphatic heterocycles. The van der Waals surface area contributed by atoms with Crippen molar-refractivity contribution in [2.24, 2.45) is 0 Å². The van der Waals surface area contributed by atoms with E-state index >= 15 is 0 Å². The molecule has 11 nitrogen and oxygen atoms in total. The standard InChI is InChI=1S/C36H37N3O8S/c1-22(34(40)38-26-19-27(43-2)21-28(20-26)44-3)48-29-14-12-25(13-15-29)37-36(42)30(39-35(41)24-10-8-7-9-11-24)16-23-17-31(45-4)33(47-6)32(18-23)46-5/h7-22H,1-6H3,(H,37,42)(H,38,40)(H,39,41)/b30-16-. The molecule has 1 atom stereocenters. The van der Waals surface area contributed by atoms with E-state index in [2.05, 4.69) is 16.0 Å². The Balaban J connectivity index is 1.50. The number of ether oxygens (including phenoxy) is 5. The Bertz CT molecular complexity index is 1730. The zero-order chi connectivity index (χ0) is 34.6. The maximum absolute atomic E-state index is 13.6. The first-order valence-corrected chi connectivity index (χ1v) is 15.6. The lowest BCUT2D eigenvalue weighted by Crippen LogP contribution is -2.30. The van der Waals surface area contributed by atoms with Crippen LogP contribution in [0.5, 0.6) is 28.7 Å². The third kappa shape index (κ3) is 9.23. The Morgan fingerprint density at radius 1 is 0.688 bits per heavy atom. The number of methoxy groups -OCH3 is 5. The van der Waals surface area contributed by atoms with E-state index in [1.54, 1.807) is 106 Å². The molecule has 0 aromatic heterocycles. The molecule has 0 saturated carbocycles. The van der Waals surface area contributed by atoms with Crippen molar-refractivity contribution < 1.29 is 38.1 Å². The molecule has 0 aliphatic carbocycles. The second-order valence-electron chi connectivity index (χ2n) is 10.2. The van der Waals surface area contributed by atoms with Crippen molar-refractivity contribution in [3.8, 4) is 28.7 Å². The smallest absolute Gasteiger partial charge is 0.272 e. The van der Waals surface area contributed by atoms with Gasteiger partial charge in [-0.25, -0.2) is 0 Å². The van der Waals surface area contributed by atoms with Crippen molar-refractivity contribution in [2.45, 2.75) is 17.1 Å². The summed E-state index contributed by atoms with van der Waals surface area (Å²) in [5.41, 5.74) is 1.92. The van der Waals surface area contributed by atoms with Crippen molar-refractivity contribution in [1.82, 2.24) is 5.32 Å². The van der Waals surface area contributed by atoms with E-state index in [-0.39, 0.29) is 11.6 Å². The number of anilines is 2. The molecule has 48 heavy (non-hydrogen) atoms. The third-order valence-corrected chi connectivity index (χ3v) is 8.05. The van der Waals surface area contributed by atoms with Crippen LogP contribution in [0, 0.1) is 0 Å². The highest BCUT2D eigenvalue weighted by atomic mass is 32.2. The van der Waals surface area contributed by atoms with Crippen molar-refractivity contribution in [1.29, 1.82) is 0 Å². The topological polar surface area (TPSA) is 133 Å². The molecule has 12 heteroatoms. The minimum absolute atomic E-state index is 0.0176. The Morgan fingerprint density at radius 3 is 1.83 bits per heavy atom. The molecule has 3 amide bonds. The van der Waals surface area contributed by atoms with Crippen LogP contribution in [0.4, 0.5) is 11.4 Å². The molecule has 4 aromatic rings. The summed E-state index contributed by atoms with van der Waals surface area (Å²) in [6.45, 7) is 1.79. The second kappa shape index (κ2) is 16.8. The van der Waals surface area contributed by atoms with Gasteiger partial charge >= 0.3 is 0 Å². The minimum Gasteiger partial charge on any atom is -0.497 e. The summed E-state index contributed by atoms with van der Waals surface area (Å²) in [5, 5.41) is 8.01. The predicted molar refractivity (Wildman–Crippen MR) is 187 cm³/mol. The fraction of sp³-hybridized carbons (Fsp3) is 0.194. The predicted octanol–water partition coefficient (Wildman–Crippen LogP) is 6.26. The maximum Gasteiger partial charge on any atom is 0.272 e. The first-order valence-electron chi connectivity index (χ1n) is 14.7. The zero-order valence-corrected chi connectivity index (χ0v) is 28.2. The molecule has 1 unspecified atom stereocenters. The van der Waals surface area contributed by atoms with Gasteiger partial charge in [0.1, 0.15) is 17.2 Å². The number of rotatable bonds is 14. The molecule has 0 saturated heterocycles. The summed E-state index contributed by atoms with van der Waals surface area (Å²) in [4.78, 5) is 40.4. The molecule has 4 rings (SSSR count). The third-order valence-electron chi connectivity index (χ3n) is 6.94. The van der Waals surface area contributed by atoms with Gasteiger partial charge in [-0.05, 0) is 67.1 Å². The fourth-order valence-corrected chi connectivity index (χ4v) is 5.36. The average molecular weight is 672 g/mol. The number of amides is 3. The summed E-state index contributed by atoms with van der Waals surface area (Å²) >= 11 is 1.35. The Morgan fingerprint density at radius 2 is 1.29 bits per heavy atom. The van der Waals surface area contributed by atoms with Crippen LogP contribution in [0.25, 0.3) is 6.08 Å². The van der Waals surface area contributed by atoms with Gasteiger partial charge in [-0.15, -0.1) is 11.8 Å². The van der Waals surface area contributed by atoms with Crippen LogP contribution in [0.15, 0.2) is 95.5 Å². The first kappa shape index (κ1) is 35.2. The van der Waals surface area contributed by atoms with Gasteiger partial charge in [0, 0.05) is 40.0 Å². The van der Waals surface area contributed by atoms with E-state index in [0.717, 1.165) is 4.90 Å². The SMILES string of the molecule is COc1cc(NC(=O)C(C)Sc2ccc(NC(=O)/C(=C/c3cc(OC)c(OC)c(OC)c3)NC(=O)c3ccccc3)cc2)cc(OC)c1. The van der Waals surface area contributed by atoms with Crippen molar-refractivity contribution >= 4 is 46.9 Å². The highest BCUT2D eigenvalue weighted by Gasteiger charge is 2.19. The molecule has 0 bridgehead atoms. The molecule has 0 aliphatic rings. The lowest BCUT2D eigenvalue weighted by molar-refractivity contribution is -0.115. The van der Waals surface area contributed by atoms with Crippen LogP contribution in [-0.2, 0) is 9.59 Å². The summed E-state index contributed by atoms with van der Waals surface area (Å²) in [6.07, 6.45) is 1.52. The van der Waals surface area contributed by atoms with Crippen LogP contribution in [-0.4, -0.2) is 58.5 Å². The number of hydrogen-bond acceptors (Lipinski definition) is 9. The van der Waals surface area contributed by atoms with Gasteiger partial charge in [0.2, 0.25) is 11.7 Å². The van der Waals surface area contributed by atoms with E-state index < -0.39 is 17.1 Å². The highest BCUT2D eigenvalue weighted by Crippen LogP contribution is 2.38. The maximum atomic E-state index is 13.6. The number of nitrogens with one attached hydrogen (secondary N) is 3. The summed E-state index contributed by atoms with van der Waals surface area (Å²) in [6, 6.07) is 24.1. The minimum atomic E-state index is -0.560. The van der Waals surface area contributed by atoms with Crippen LogP contribution >= 0.6 is 11.8 Å². The lowest BCUT2D eigenvalue weighted by Gasteiger charge is -2.15. The van der Waals surface area contributed by atoms with Gasteiger partial charge in [0.15, 0.2) is 11.5 Å². The fourth-order valence-electron chi connectivity index (χ4n) is 4.49. The molecule has 0 spiro atoms. The van der Waals surface area contributed by atoms with Gasteiger partial charge < -0.3 is 39.6 Å². The van der Waals surface area contributed by atoms with Gasteiger partial charge in [0.05, 0.1) is 40.8 Å². The van der Waals surface area contributed by atoms with Crippen LogP contribution < -0.4 is 39.6 Å². The van der Waals surface area contributed by atoms with E-state index in [9.17, 15) is 14.4 Å². The average Bonchev–Trinajstić information content (AvgIpc) is 3.11. The number of benzene rings is 4. The van der Waals surface area contributed by atoms with E-state index in [1.165, 1.54) is 39.2 Å². The number of thioether (sulfide) groups is 1. The van der Waals surface area contributed by atoms with E-state index in [4.69, 9.17) is 23.7 Å². The van der Waals surface area contributed by atoms with E-state index in [1.807, 2.05) is 0 Å². The molecule has 250 valence electrons. The summed E-state index contributed by atoms with van der Waals surface area (Å²) in [7, 11) is 7.55. The normalized spacial score (nSPS) is 11.5. The monoisotopic (exact) mass is 671 g/mol. The first-order chi connectivity index (χ1) is 23.2. The van der Waals surface area contributed by atoms with Gasteiger partial charge in [-0.3, -0.25) is 14.4 Å². The molecular weight excluding hydrogens is 634 g/mol. The number of carbonyl (C=O) groups excluding carboxylic acids is 3. The highest BCUT2D eigenvalue weighted by molar-refractivity contribution is 8.00. The largest absolute Gasteiger partial charge is 0.497 e. The van der Waals surface area contributed by atoms with Crippen LogP contribution in [0.1, 0.15) is 22.8 Å². The quantitative estimate of drug-likeness (QED) is 0.105. The van der Waals surface area contributed by atoms with Crippen molar-refractivity contribution in [2.75, 3.05) is 46.2 Å². The Labute approximate surface area is 283 Å². The van der Waals surface area contributed by atoms with Crippen molar-refractivity contribution in [3.05, 3.63) is 102 Å².